The third-order valence-corrected chi connectivity index (χ3v) is 3.18. The lowest BCUT2D eigenvalue weighted by Gasteiger charge is -2.07. The predicted octanol–water partition coefficient (Wildman–Crippen LogP) is 3.03. The molecule has 5 nitrogen and oxygen atoms in total. The summed E-state index contributed by atoms with van der Waals surface area (Å²) in [7, 11) is 0. The molecule has 1 aromatic carbocycles. The van der Waals surface area contributed by atoms with E-state index in [1.165, 1.54) is 0 Å². The standard InChI is InChI=1S/C16H14N4O/c1-11-14(18-16(21)13-7-9-17-10-8-13)15(20-19-11)12-5-3-2-4-6-12/h2-10H,1H3,(H,18,21)(H,19,20). The summed E-state index contributed by atoms with van der Waals surface area (Å²) in [4.78, 5) is 16.2. The van der Waals surface area contributed by atoms with E-state index in [-0.39, 0.29) is 5.91 Å². The van der Waals surface area contributed by atoms with Crippen LogP contribution in [0.3, 0.4) is 0 Å². The molecule has 0 unspecified atom stereocenters. The number of benzene rings is 1. The van der Waals surface area contributed by atoms with Gasteiger partial charge in [-0.15, -0.1) is 0 Å². The van der Waals surface area contributed by atoms with Crippen LogP contribution in [-0.2, 0) is 0 Å². The second kappa shape index (κ2) is 5.58. The van der Waals surface area contributed by atoms with Crippen molar-refractivity contribution < 1.29 is 4.79 Å². The molecule has 0 atom stereocenters. The van der Waals surface area contributed by atoms with Crippen LogP contribution in [0.15, 0.2) is 54.9 Å². The Morgan fingerprint density at radius 1 is 1.10 bits per heavy atom. The van der Waals surface area contributed by atoms with E-state index in [2.05, 4.69) is 20.5 Å². The monoisotopic (exact) mass is 278 g/mol. The number of amides is 1. The van der Waals surface area contributed by atoms with Crippen molar-refractivity contribution in [3.63, 3.8) is 0 Å². The highest BCUT2D eigenvalue weighted by Crippen LogP contribution is 2.28. The van der Waals surface area contributed by atoms with Gasteiger partial charge in [-0.25, -0.2) is 0 Å². The maximum Gasteiger partial charge on any atom is 0.255 e. The van der Waals surface area contributed by atoms with Gasteiger partial charge in [0, 0.05) is 23.5 Å². The number of hydrogen-bond acceptors (Lipinski definition) is 3. The quantitative estimate of drug-likeness (QED) is 0.773. The van der Waals surface area contributed by atoms with E-state index in [1.807, 2.05) is 37.3 Å². The molecule has 1 amide bonds. The number of carbonyl (C=O) groups is 1. The fourth-order valence-corrected chi connectivity index (χ4v) is 2.08. The highest BCUT2D eigenvalue weighted by atomic mass is 16.1. The average molecular weight is 278 g/mol. The fraction of sp³-hybridized carbons (Fsp3) is 0.0625. The maximum absolute atomic E-state index is 12.3. The molecule has 0 fully saturated rings. The zero-order valence-corrected chi connectivity index (χ0v) is 11.5. The molecular formula is C16H14N4O. The fourth-order valence-electron chi connectivity index (χ4n) is 2.08. The summed E-state index contributed by atoms with van der Waals surface area (Å²) >= 11 is 0. The number of hydrogen-bond donors (Lipinski definition) is 2. The maximum atomic E-state index is 12.3. The van der Waals surface area contributed by atoms with Crippen LogP contribution in [0.25, 0.3) is 11.3 Å². The summed E-state index contributed by atoms with van der Waals surface area (Å²) < 4.78 is 0. The molecule has 0 bridgehead atoms. The molecule has 0 radical (unpaired) electrons. The largest absolute Gasteiger partial charge is 0.319 e. The Labute approximate surface area is 122 Å². The summed E-state index contributed by atoms with van der Waals surface area (Å²) in [5.41, 5.74) is 3.76. The van der Waals surface area contributed by atoms with Crippen molar-refractivity contribution in [2.24, 2.45) is 0 Å². The van der Waals surface area contributed by atoms with Crippen LogP contribution in [0.4, 0.5) is 5.69 Å². The van der Waals surface area contributed by atoms with Crippen molar-refractivity contribution in [1.82, 2.24) is 15.2 Å². The third-order valence-electron chi connectivity index (χ3n) is 3.18. The van der Waals surface area contributed by atoms with Gasteiger partial charge in [-0.2, -0.15) is 5.10 Å². The lowest BCUT2D eigenvalue weighted by atomic mass is 10.1. The lowest BCUT2D eigenvalue weighted by molar-refractivity contribution is 0.102. The number of carbonyl (C=O) groups excluding carboxylic acids is 1. The van der Waals surface area contributed by atoms with Crippen molar-refractivity contribution in [2.45, 2.75) is 6.92 Å². The van der Waals surface area contributed by atoms with E-state index >= 15 is 0 Å². The third kappa shape index (κ3) is 2.67. The molecule has 0 saturated heterocycles. The lowest BCUT2D eigenvalue weighted by Crippen LogP contribution is -2.12. The van der Waals surface area contributed by atoms with E-state index in [0.29, 0.717) is 11.3 Å². The van der Waals surface area contributed by atoms with Crippen molar-refractivity contribution in [2.75, 3.05) is 5.32 Å². The smallest absolute Gasteiger partial charge is 0.255 e. The Kier molecular flexibility index (Phi) is 3.47. The van der Waals surface area contributed by atoms with Crippen molar-refractivity contribution in [1.29, 1.82) is 0 Å². The number of H-pyrrole nitrogens is 1. The molecule has 3 rings (SSSR count). The first kappa shape index (κ1) is 13.1. The van der Waals surface area contributed by atoms with Gasteiger partial charge in [0.25, 0.3) is 5.91 Å². The highest BCUT2D eigenvalue weighted by molar-refractivity contribution is 6.06. The second-order valence-electron chi connectivity index (χ2n) is 4.63. The van der Waals surface area contributed by atoms with E-state index in [9.17, 15) is 4.79 Å². The van der Waals surface area contributed by atoms with Gasteiger partial charge < -0.3 is 5.32 Å². The first-order chi connectivity index (χ1) is 10.3. The predicted molar refractivity (Wildman–Crippen MR) is 81.0 cm³/mol. The summed E-state index contributed by atoms with van der Waals surface area (Å²) in [6, 6.07) is 13.1. The zero-order chi connectivity index (χ0) is 14.7. The topological polar surface area (TPSA) is 70.7 Å². The van der Waals surface area contributed by atoms with Crippen LogP contribution >= 0.6 is 0 Å². The van der Waals surface area contributed by atoms with E-state index in [4.69, 9.17) is 0 Å². The minimum atomic E-state index is -0.181. The number of aromatic nitrogens is 3. The molecule has 0 aliphatic heterocycles. The van der Waals surface area contributed by atoms with Crippen LogP contribution < -0.4 is 5.32 Å². The molecule has 5 heteroatoms. The Hall–Kier alpha value is -2.95. The zero-order valence-electron chi connectivity index (χ0n) is 11.5. The van der Waals surface area contributed by atoms with Crippen molar-refractivity contribution in [3.8, 4) is 11.3 Å². The normalized spacial score (nSPS) is 10.3. The van der Waals surface area contributed by atoms with E-state index in [0.717, 1.165) is 17.0 Å². The van der Waals surface area contributed by atoms with E-state index < -0.39 is 0 Å². The Morgan fingerprint density at radius 3 is 2.52 bits per heavy atom. The number of pyridine rings is 1. The van der Waals surface area contributed by atoms with Gasteiger partial charge in [0.15, 0.2) is 0 Å². The molecule has 104 valence electrons. The number of aryl methyl sites for hydroxylation is 1. The SMILES string of the molecule is Cc1[nH]nc(-c2ccccc2)c1NC(=O)c1ccncc1. The molecule has 3 aromatic rings. The molecule has 21 heavy (non-hydrogen) atoms. The first-order valence-electron chi connectivity index (χ1n) is 6.57. The highest BCUT2D eigenvalue weighted by Gasteiger charge is 2.15. The van der Waals surface area contributed by atoms with Crippen LogP contribution in [0.2, 0.25) is 0 Å². The summed E-state index contributed by atoms with van der Waals surface area (Å²) in [6.45, 7) is 1.88. The van der Waals surface area contributed by atoms with Gasteiger partial charge in [0.05, 0.1) is 11.4 Å². The van der Waals surface area contributed by atoms with Gasteiger partial charge in [0.2, 0.25) is 0 Å². The number of aromatic amines is 1. The van der Waals surface area contributed by atoms with Crippen LogP contribution in [0, 0.1) is 6.92 Å². The number of anilines is 1. The number of rotatable bonds is 3. The number of nitrogens with one attached hydrogen (secondary N) is 2. The van der Waals surface area contributed by atoms with Gasteiger partial charge in [-0.05, 0) is 19.1 Å². The molecule has 0 spiro atoms. The molecule has 2 aromatic heterocycles. The Balaban J connectivity index is 1.93. The summed E-state index contributed by atoms with van der Waals surface area (Å²) in [6.07, 6.45) is 3.19. The summed E-state index contributed by atoms with van der Waals surface area (Å²) in [5.74, 6) is -0.181. The number of nitrogens with zero attached hydrogens (tertiary/aromatic N) is 2. The molecule has 0 aliphatic rings. The Morgan fingerprint density at radius 2 is 1.81 bits per heavy atom. The second-order valence-corrected chi connectivity index (χ2v) is 4.63. The van der Waals surface area contributed by atoms with E-state index in [1.54, 1.807) is 24.5 Å². The van der Waals surface area contributed by atoms with Crippen molar-refractivity contribution in [3.05, 3.63) is 66.1 Å². The van der Waals surface area contributed by atoms with Gasteiger partial charge >= 0.3 is 0 Å². The van der Waals surface area contributed by atoms with Crippen LogP contribution in [0.5, 0.6) is 0 Å². The molecule has 2 N–H and O–H groups in total. The molecule has 0 saturated carbocycles. The first-order valence-corrected chi connectivity index (χ1v) is 6.57. The van der Waals surface area contributed by atoms with Crippen molar-refractivity contribution >= 4 is 11.6 Å². The molecule has 2 heterocycles. The van der Waals surface area contributed by atoms with Crippen LogP contribution in [-0.4, -0.2) is 21.1 Å². The van der Waals surface area contributed by atoms with Gasteiger partial charge in [-0.1, -0.05) is 30.3 Å². The Bertz CT molecular complexity index is 750. The van der Waals surface area contributed by atoms with Gasteiger partial charge in [-0.3, -0.25) is 14.9 Å². The molecule has 0 aliphatic carbocycles. The minimum absolute atomic E-state index is 0.181. The molecular weight excluding hydrogens is 264 g/mol. The average Bonchev–Trinajstić information content (AvgIpc) is 2.90. The minimum Gasteiger partial charge on any atom is -0.319 e. The van der Waals surface area contributed by atoms with Crippen LogP contribution in [0.1, 0.15) is 16.1 Å². The summed E-state index contributed by atoms with van der Waals surface area (Å²) in [5, 5.41) is 10.1. The van der Waals surface area contributed by atoms with Gasteiger partial charge in [0.1, 0.15) is 5.69 Å².